The quantitative estimate of drug-likeness (QED) is 0.721. The number of nitrogens with two attached hydrogens (primary N) is 1. The number of benzene rings is 1. The summed E-state index contributed by atoms with van der Waals surface area (Å²) in [7, 11) is 1.76. The molecule has 1 rings (SSSR count). The summed E-state index contributed by atoms with van der Waals surface area (Å²) in [6.07, 6.45) is 2.34. The summed E-state index contributed by atoms with van der Waals surface area (Å²) in [5.74, 6) is 0. The SMILES string of the molecule is CCC(CC)N(CCOC)Cc1cccc(N)c1. The summed E-state index contributed by atoms with van der Waals surface area (Å²) in [5.41, 5.74) is 7.95. The first-order valence-corrected chi connectivity index (χ1v) is 6.78. The highest BCUT2D eigenvalue weighted by Crippen LogP contribution is 2.15. The molecule has 0 heterocycles. The van der Waals surface area contributed by atoms with E-state index in [0.29, 0.717) is 6.04 Å². The van der Waals surface area contributed by atoms with Crippen LogP contribution in [-0.2, 0) is 11.3 Å². The molecule has 0 spiro atoms. The molecule has 0 aromatic heterocycles. The Morgan fingerprint density at radius 2 is 2.00 bits per heavy atom. The first kappa shape index (κ1) is 15.0. The molecule has 0 saturated heterocycles. The molecule has 1 aromatic carbocycles. The van der Waals surface area contributed by atoms with E-state index in [1.54, 1.807) is 7.11 Å². The summed E-state index contributed by atoms with van der Waals surface area (Å²) < 4.78 is 5.21. The second-order valence-electron chi connectivity index (χ2n) is 4.68. The van der Waals surface area contributed by atoms with Gasteiger partial charge in [-0.3, -0.25) is 4.90 Å². The third kappa shape index (κ3) is 4.67. The third-order valence-corrected chi connectivity index (χ3v) is 3.38. The Labute approximate surface area is 111 Å². The van der Waals surface area contributed by atoms with Crippen LogP contribution < -0.4 is 5.73 Å². The van der Waals surface area contributed by atoms with E-state index < -0.39 is 0 Å². The number of ether oxygens (including phenoxy) is 1. The number of hydrogen-bond donors (Lipinski definition) is 1. The van der Waals surface area contributed by atoms with Crippen molar-refractivity contribution < 1.29 is 4.74 Å². The van der Waals surface area contributed by atoms with Gasteiger partial charge in [-0.1, -0.05) is 26.0 Å². The van der Waals surface area contributed by atoms with E-state index in [1.807, 2.05) is 12.1 Å². The zero-order chi connectivity index (χ0) is 13.4. The molecule has 3 heteroatoms. The Morgan fingerprint density at radius 1 is 1.28 bits per heavy atom. The van der Waals surface area contributed by atoms with Crippen molar-refractivity contribution in [3.8, 4) is 0 Å². The maximum atomic E-state index is 5.83. The third-order valence-electron chi connectivity index (χ3n) is 3.38. The topological polar surface area (TPSA) is 38.5 Å². The van der Waals surface area contributed by atoms with Crippen molar-refractivity contribution in [2.24, 2.45) is 0 Å². The summed E-state index contributed by atoms with van der Waals surface area (Å²) >= 11 is 0. The van der Waals surface area contributed by atoms with Crippen LogP contribution >= 0.6 is 0 Å². The van der Waals surface area contributed by atoms with E-state index in [2.05, 4.69) is 30.9 Å². The lowest BCUT2D eigenvalue weighted by Gasteiger charge is -2.30. The van der Waals surface area contributed by atoms with Gasteiger partial charge in [0.25, 0.3) is 0 Å². The van der Waals surface area contributed by atoms with Gasteiger partial charge < -0.3 is 10.5 Å². The van der Waals surface area contributed by atoms with Gasteiger partial charge in [-0.15, -0.1) is 0 Å². The van der Waals surface area contributed by atoms with Crippen LogP contribution in [-0.4, -0.2) is 31.2 Å². The molecular formula is C15H26N2O. The normalized spacial score (nSPS) is 11.4. The molecule has 102 valence electrons. The van der Waals surface area contributed by atoms with Crippen molar-refractivity contribution in [3.63, 3.8) is 0 Å². The van der Waals surface area contributed by atoms with Gasteiger partial charge in [0.1, 0.15) is 0 Å². The molecule has 2 N–H and O–H groups in total. The van der Waals surface area contributed by atoms with Crippen molar-refractivity contribution in [2.45, 2.75) is 39.3 Å². The molecule has 0 aliphatic rings. The number of rotatable bonds is 8. The maximum absolute atomic E-state index is 5.83. The minimum atomic E-state index is 0.613. The van der Waals surface area contributed by atoms with Crippen LogP contribution in [0.5, 0.6) is 0 Å². The van der Waals surface area contributed by atoms with E-state index in [1.165, 1.54) is 18.4 Å². The van der Waals surface area contributed by atoms with Gasteiger partial charge in [0.2, 0.25) is 0 Å². The Hall–Kier alpha value is -1.06. The molecule has 0 fully saturated rings. The second-order valence-corrected chi connectivity index (χ2v) is 4.68. The average molecular weight is 250 g/mol. The Balaban J connectivity index is 2.70. The monoisotopic (exact) mass is 250 g/mol. The van der Waals surface area contributed by atoms with Gasteiger partial charge in [0.05, 0.1) is 6.61 Å². The fraction of sp³-hybridized carbons (Fsp3) is 0.600. The molecule has 0 saturated carbocycles. The van der Waals surface area contributed by atoms with Crippen LogP contribution in [0.15, 0.2) is 24.3 Å². The Kier molecular flexibility index (Phi) is 6.76. The molecule has 0 bridgehead atoms. The molecule has 1 aromatic rings. The van der Waals surface area contributed by atoms with Gasteiger partial charge >= 0.3 is 0 Å². The van der Waals surface area contributed by atoms with Crippen LogP contribution in [0.2, 0.25) is 0 Å². The van der Waals surface area contributed by atoms with Gasteiger partial charge in [-0.05, 0) is 30.5 Å². The predicted molar refractivity (Wildman–Crippen MR) is 77.5 cm³/mol. The van der Waals surface area contributed by atoms with Crippen molar-refractivity contribution >= 4 is 5.69 Å². The van der Waals surface area contributed by atoms with Gasteiger partial charge in [-0.2, -0.15) is 0 Å². The van der Waals surface area contributed by atoms with E-state index >= 15 is 0 Å². The average Bonchev–Trinajstić information content (AvgIpc) is 2.37. The van der Waals surface area contributed by atoms with Crippen LogP contribution in [0, 0.1) is 0 Å². The minimum absolute atomic E-state index is 0.613. The van der Waals surface area contributed by atoms with Gasteiger partial charge in [0, 0.05) is 31.9 Å². The van der Waals surface area contributed by atoms with Crippen molar-refractivity contribution in [3.05, 3.63) is 29.8 Å². The lowest BCUT2D eigenvalue weighted by atomic mass is 10.1. The van der Waals surface area contributed by atoms with E-state index in [-0.39, 0.29) is 0 Å². The molecule has 0 aliphatic heterocycles. The largest absolute Gasteiger partial charge is 0.399 e. The van der Waals surface area contributed by atoms with Gasteiger partial charge in [0.15, 0.2) is 0 Å². The maximum Gasteiger partial charge on any atom is 0.0589 e. The summed E-state index contributed by atoms with van der Waals surface area (Å²) in [6, 6.07) is 8.76. The molecular weight excluding hydrogens is 224 g/mol. The lowest BCUT2D eigenvalue weighted by molar-refractivity contribution is 0.110. The zero-order valence-corrected chi connectivity index (χ0v) is 11.9. The van der Waals surface area contributed by atoms with E-state index in [4.69, 9.17) is 10.5 Å². The highest BCUT2D eigenvalue weighted by atomic mass is 16.5. The highest BCUT2D eigenvalue weighted by molar-refractivity contribution is 5.40. The fourth-order valence-electron chi connectivity index (χ4n) is 2.33. The van der Waals surface area contributed by atoms with Crippen molar-refractivity contribution in [1.82, 2.24) is 4.90 Å². The van der Waals surface area contributed by atoms with E-state index in [0.717, 1.165) is 25.4 Å². The molecule has 3 nitrogen and oxygen atoms in total. The van der Waals surface area contributed by atoms with Crippen LogP contribution in [0.4, 0.5) is 5.69 Å². The number of hydrogen-bond acceptors (Lipinski definition) is 3. The first-order chi connectivity index (χ1) is 8.71. The molecule has 0 aliphatic carbocycles. The number of nitrogens with zero attached hydrogens (tertiary/aromatic N) is 1. The van der Waals surface area contributed by atoms with Crippen LogP contribution in [0.3, 0.4) is 0 Å². The Morgan fingerprint density at radius 3 is 2.56 bits per heavy atom. The summed E-state index contributed by atoms with van der Waals surface area (Å²) in [4.78, 5) is 2.48. The van der Waals surface area contributed by atoms with Crippen LogP contribution in [0.25, 0.3) is 0 Å². The molecule has 0 radical (unpaired) electrons. The summed E-state index contributed by atoms with van der Waals surface area (Å²) in [5, 5.41) is 0. The molecule has 0 atom stereocenters. The summed E-state index contributed by atoms with van der Waals surface area (Å²) in [6.45, 7) is 7.18. The smallest absolute Gasteiger partial charge is 0.0589 e. The lowest BCUT2D eigenvalue weighted by Crippen LogP contribution is -2.36. The number of anilines is 1. The fourth-order valence-corrected chi connectivity index (χ4v) is 2.33. The van der Waals surface area contributed by atoms with Crippen LogP contribution in [0.1, 0.15) is 32.3 Å². The predicted octanol–water partition coefficient (Wildman–Crippen LogP) is 2.91. The first-order valence-electron chi connectivity index (χ1n) is 6.78. The molecule has 0 amide bonds. The van der Waals surface area contributed by atoms with Crippen molar-refractivity contribution in [1.29, 1.82) is 0 Å². The standard InChI is InChI=1S/C15H26N2O/c1-4-15(5-2)17(9-10-18-3)12-13-7-6-8-14(16)11-13/h6-8,11,15H,4-5,9-10,12,16H2,1-3H3. The van der Waals surface area contributed by atoms with E-state index in [9.17, 15) is 0 Å². The number of methoxy groups -OCH3 is 1. The Bertz CT molecular complexity index is 337. The highest BCUT2D eigenvalue weighted by Gasteiger charge is 2.15. The van der Waals surface area contributed by atoms with Crippen molar-refractivity contribution in [2.75, 3.05) is 26.0 Å². The molecule has 0 unspecified atom stereocenters. The van der Waals surface area contributed by atoms with Gasteiger partial charge in [-0.25, -0.2) is 0 Å². The molecule has 18 heavy (non-hydrogen) atoms. The second kappa shape index (κ2) is 8.11. The zero-order valence-electron chi connectivity index (χ0n) is 11.9. The number of nitrogen functional groups attached to an aromatic ring is 1. The minimum Gasteiger partial charge on any atom is -0.399 e.